The van der Waals surface area contributed by atoms with Crippen LogP contribution in [-0.2, 0) is 28.1 Å². The first-order chi connectivity index (χ1) is 13.1. The molecule has 0 spiro atoms. The van der Waals surface area contributed by atoms with Crippen LogP contribution in [0.3, 0.4) is 0 Å². The van der Waals surface area contributed by atoms with Crippen molar-refractivity contribution in [1.82, 2.24) is 14.8 Å². The summed E-state index contributed by atoms with van der Waals surface area (Å²) in [5.41, 5.74) is -0.0973. The van der Waals surface area contributed by atoms with Crippen LogP contribution in [0.25, 0.3) is 0 Å². The summed E-state index contributed by atoms with van der Waals surface area (Å²) in [6, 6.07) is 2.93. The highest BCUT2D eigenvalue weighted by atomic mass is 32.2. The standard InChI is InChI=1S/C17H20F2N4O3S2/c1-10(16(24)20-14-4-3-12(18)8-13(14)19)27-17-22-21-15(23(17)2)7-11-5-6-28(25,26)9-11/h3-4,8,10-11H,5-7,9H2,1-2H3,(H,20,24). The summed E-state index contributed by atoms with van der Waals surface area (Å²) in [4.78, 5) is 12.3. The lowest BCUT2D eigenvalue weighted by atomic mass is 10.1. The quantitative estimate of drug-likeness (QED) is 0.706. The van der Waals surface area contributed by atoms with Gasteiger partial charge in [0, 0.05) is 19.5 Å². The van der Waals surface area contributed by atoms with Gasteiger partial charge in [-0.15, -0.1) is 10.2 Å². The van der Waals surface area contributed by atoms with Crippen molar-refractivity contribution in [2.24, 2.45) is 13.0 Å². The molecular formula is C17H20F2N4O3S2. The van der Waals surface area contributed by atoms with E-state index in [-0.39, 0.29) is 23.1 Å². The van der Waals surface area contributed by atoms with Crippen molar-refractivity contribution in [3.8, 4) is 0 Å². The number of amides is 1. The summed E-state index contributed by atoms with van der Waals surface area (Å²) in [5.74, 6) is -0.993. The number of anilines is 1. The minimum atomic E-state index is -2.96. The third-order valence-electron chi connectivity index (χ3n) is 4.56. The maximum atomic E-state index is 13.7. The number of halogens is 2. The molecule has 0 radical (unpaired) electrons. The van der Waals surface area contributed by atoms with Crippen LogP contribution < -0.4 is 5.32 Å². The van der Waals surface area contributed by atoms with E-state index in [0.29, 0.717) is 29.9 Å². The van der Waals surface area contributed by atoms with Gasteiger partial charge >= 0.3 is 0 Å². The van der Waals surface area contributed by atoms with Gasteiger partial charge in [-0.2, -0.15) is 0 Å². The van der Waals surface area contributed by atoms with Crippen molar-refractivity contribution in [2.45, 2.75) is 30.2 Å². The number of sulfone groups is 1. The largest absolute Gasteiger partial charge is 0.323 e. The van der Waals surface area contributed by atoms with Crippen molar-refractivity contribution in [3.63, 3.8) is 0 Å². The molecule has 7 nitrogen and oxygen atoms in total. The summed E-state index contributed by atoms with van der Waals surface area (Å²) < 4.78 is 51.6. The fourth-order valence-corrected chi connectivity index (χ4v) is 5.65. The number of carbonyl (C=O) groups excluding carboxylic acids is 1. The normalized spacial score (nSPS) is 19.5. The fourth-order valence-electron chi connectivity index (χ4n) is 2.95. The Kier molecular flexibility index (Phi) is 6.04. The van der Waals surface area contributed by atoms with Crippen LogP contribution in [0.4, 0.5) is 14.5 Å². The number of benzene rings is 1. The maximum Gasteiger partial charge on any atom is 0.237 e. The van der Waals surface area contributed by atoms with Gasteiger partial charge in [0.1, 0.15) is 17.5 Å². The molecular weight excluding hydrogens is 410 g/mol. The summed E-state index contributed by atoms with van der Waals surface area (Å²) in [6.07, 6.45) is 1.12. The van der Waals surface area contributed by atoms with E-state index in [1.165, 1.54) is 0 Å². The summed E-state index contributed by atoms with van der Waals surface area (Å²) in [7, 11) is -1.20. The van der Waals surface area contributed by atoms with E-state index in [4.69, 9.17) is 0 Å². The Bertz CT molecular complexity index is 994. The van der Waals surface area contributed by atoms with Gasteiger partial charge in [-0.25, -0.2) is 17.2 Å². The number of carbonyl (C=O) groups is 1. The Morgan fingerprint density at radius 3 is 2.79 bits per heavy atom. The second kappa shape index (κ2) is 8.16. The van der Waals surface area contributed by atoms with Crippen LogP contribution in [0.1, 0.15) is 19.2 Å². The summed E-state index contributed by atoms with van der Waals surface area (Å²) >= 11 is 1.15. The molecule has 2 unspecified atom stereocenters. The fraction of sp³-hybridized carbons (Fsp3) is 0.471. The molecule has 2 aromatic rings. The Hall–Kier alpha value is -2.01. The smallest absolute Gasteiger partial charge is 0.237 e. The molecule has 28 heavy (non-hydrogen) atoms. The van der Waals surface area contributed by atoms with Gasteiger partial charge in [0.2, 0.25) is 5.91 Å². The van der Waals surface area contributed by atoms with Gasteiger partial charge in [-0.05, 0) is 31.4 Å². The molecule has 1 aromatic heterocycles. The first kappa shape index (κ1) is 20.7. The molecule has 3 rings (SSSR count). The van der Waals surface area contributed by atoms with E-state index >= 15 is 0 Å². The average Bonchev–Trinajstić information content (AvgIpc) is 3.13. The van der Waals surface area contributed by atoms with Gasteiger partial charge < -0.3 is 9.88 Å². The Morgan fingerprint density at radius 2 is 2.14 bits per heavy atom. The molecule has 1 amide bonds. The molecule has 1 aliphatic heterocycles. The monoisotopic (exact) mass is 430 g/mol. The molecule has 1 aromatic carbocycles. The number of hydrogen-bond acceptors (Lipinski definition) is 6. The highest BCUT2D eigenvalue weighted by molar-refractivity contribution is 8.00. The van der Waals surface area contributed by atoms with Crippen molar-refractivity contribution in [2.75, 3.05) is 16.8 Å². The van der Waals surface area contributed by atoms with Crippen molar-refractivity contribution in [3.05, 3.63) is 35.7 Å². The van der Waals surface area contributed by atoms with Gasteiger partial charge in [-0.3, -0.25) is 4.79 Å². The van der Waals surface area contributed by atoms with Crippen LogP contribution in [0.15, 0.2) is 23.4 Å². The van der Waals surface area contributed by atoms with Gasteiger partial charge in [-0.1, -0.05) is 11.8 Å². The number of nitrogens with zero attached hydrogens (tertiary/aromatic N) is 3. The average molecular weight is 431 g/mol. The predicted octanol–water partition coefficient (Wildman–Crippen LogP) is 2.19. The maximum absolute atomic E-state index is 13.7. The molecule has 0 aliphatic carbocycles. The van der Waals surface area contributed by atoms with Gasteiger partial charge in [0.25, 0.3) is 0 Å². The zero-order valence-electron chi connectivity index (χ0n) is 15.4. The summed E-state index contributed by atoms with van der Waals surface area (Å²) in [5, 5.41) is 10.5. The second-order valence-corrected chi connectivity index (χ2v) is 10.3. The van der Waals surface area contributed by atoms with Crippen LogP contribution in [0.2, 0.25) is 0 Å². The van der Waals surface area contributed by atoms with E-state index in [2.05, 4.69) is 15.5 Å². The molecule has 2 atom stereocenters. The molecule has 152 valence electrons. The van der Waals surface area contributed by atoms with Crippen LogP contribution >= 0.6 is 11.8 Å². The Balaban J connectivity index is 1.61. The van der Waals surface area contributed by atoms with Crippen LogP contribution in [0.5, 0.6) is 0 Å². The molecule has 1 fully saturated rings. The Labute approximate surface area is 165 Å². The van der Waals surface area contributed by atoms with E-state index in [0.717, 1.165) is 23.9 Å². The first-order valence-electron chi connectivity index (χ1n) is 8.66. The molecule has 11 heteroatoms. The van der Waals surface area contributed by atoms with E-state index in [1.54, 1.807) is 18.5 Å². The van der Waals surface area contributed by atoms with Crippen molar-refractivity contribution in [1.29, 1.82) is 0 Å². The lowest BCUT2D eigenvalue weighted by molar-refractivity contribution is -0.115. The van der Waals surface area contributed by atoms with E-state index in [1.807, 2.05) is 0 Å². The number of rotatable bonds is 6. The topological polar surface area (TPSA) is 93.9 Å². The number of thioether (sulfide) groups is 1. The second-order valence-electron chi connectivity index (χ2n) is 6.80. The minimum absolute atomic E-state index is 0.0212. The van der Waals surface area contributed by atoms with E-state index < -0.39 is 32.6 Å². The predicted molar refractivity (Wildman–Crippen MR) is 102 cm³/mol. The zero-order valence-corrected chi connectivity index (χ0v) is 17.0. The van der Waals surface area contributed by atoms with Gasteiger partial charge in [0.15, 0.2) is 15.0 Å². The lowest BCUT2D eigenvalue weighted by Crippen LogP contribution is -2.23. The number of nitrogens with one attached hydrogen (secondary N) is 1. The lowest BCUT2D eigenvalue weighted by Gasteiger charge is -2.12. The molecule has 0 saturated carbocycles. The molecule has 2 heterocycles. The van der Waals surface area contributed by atoms with E-state index in [9.17, 15) is 22.0 Å². The zero-order chi connectivity index (χ0) is 20.5. The highest BCUT2D eigenvalue weighted by Crippen LogP contribution is 2.26. The third kappa shape index (κ3) is 4.88. The number of hydrogen-bond donors (Lipinski definition) is 1. The summed E-state index contributed by atoms with van der Waals surface area (Å²) in [6.45, 7) is 1.64. The first-order valence-corrected chi connectivity index (χ1v) is 11.4. The third-order valence-corrected chi connectivity index (χ3v) is 7.53. The molecule has 1 aliphatic rings. The van der Waals surface area contributed by atoms with Crippen molar-refractivity contribution < 1.29 is 22.0 Å². The SMILES string of the molecule is CC(Sc1nnc(CC2CCS(=O)(=O)C2)n1C)C(=O)Nc1ccc(F)cc1F. The van der Waals surface area contributed by atoms with Crippen LogP contribution in [-0.4, -0.2) is 45.8 Å². The van der Waals surface area contributed by atoms with Crippen molar-refractivity contribution >= 4 is 33.2 Å². The minimum Gasteiger partial charge on any atom is -0.323 e. The Morgan fingerprint density at radius 1 is 1.39 bits per heavy atom. The molecule has 1 saturated heterocycles. The molecule has 0 bridgehead atoms. The molecule has 1 N–H and O–H groups in total. The van der Waals surface area contributed by atoms with Gasteiger partial charge in [0.05, 0.1) is 22.4 Å². The van der Waals surface area contributed by atoms with Crippen LogP contribution in [0, 0.1) is 17.6 Å². The number of aromatic nitrogens is 3. The highest BCUT2D eigenvalue weighted by Gasteiger charge is 2.29.